The highest BCUT2D eigenvalue weighted by Crippen LogP contribution is 2.37. The van der Waals surface area contributed by atoms with Gasteiger partial charge in [-0.25, -0.2) is 0 Å². The average molecular weight is 197 g/mol. The zero-order valence-electron chi connectivity index (χ0n) is 7.63. The summed E-state index contributed by atoms with van der Waals surface area (Å²) in [7, 11) is 2.05. The molecule has 70 valence electrons. The summed E-state index contributed by atoms with van der Waals surface area (Å²) in [4.78, 5) is 2.18. The predicted octanol–water partition coefficient (Wildman–Crippen LogP) is 2.52. The smallest absolute Gasteiger partial charge is 0.0789 e. The van der Waals surface area contributed by atoms with E-state index in [2.05, 4.69) is 11.9 Å². The third-order valence-electron chi connectivity index (χ3n) is 2.47. The van der Waals surface area contributed by atoms with Crippen LogP contribution in [-0.4, -0.2) is 13.1 Å². The van der Waals surface area contributed by atoms with Crippen LogP contribution in [0.3, 0.4) is 0 Å². The molecule has 1 aromatic rings. The van der Waals surface area contributed by atoms with Gasteiger partial charge in [-0.1, -0.05) is 17.7 Å². The third kappa shape index (κ3) is 1.59. The first-order chi connectivity index (χ1) is 6.20. The molecule has 0 spiro atoms. The maximum Gasteiger partial charge on any atom is 0.0789 e. The van der Waals surface area contributed by atoms with Crippen LogP contribution in [0.1, 0.15) is 12.8 Å². The lowest BCUT2D eigenvalue weighted by molar-refractivity contribution is 0.919. The van der Waals surface area contributed by atoms with Crippen LogP contribution in [0.2, 0.25) is 5.02 Å². The first-order valence-electron chi connectivity index (χ1n) is 4.47. The van der Waals surface area contributed by atoms with Gasteiger partial charge >= 0.3 is 0 Å². The minimum atomic E-state index is 0.641. The second kappa shape index (κ2) is 3.11. The van der Waals surface area contributed by atoms with Crippen LogP contribution in [0.4, 0.5) is 11.4 Å². The van der Waals surface area contributed by atoms with Crippen LogP contribution in [-0.2, 0) is 0 Å². The Labute approximate surface area is 83.3 Å². The molecule has 1 fully saturated rings. The van der Waals surface area contributed by atoms with Gasteiger partial charge in [0, 0.05) is 13.1 Å². The summed E-state index contributed by atoms with van der Waals surface area (Å²) in [5, 5.41) is 0.745. The lowest BCUT2D eigenvalue weighted by atomic mass is 10.2. The summed E-state index contributed by atoms with van der Waals surface area (Å²) in [6.45, 7) is 0. The molecule has 13 heavy (non-hydrogen) atoms. The maximum atomic E-state index is 6.07. The van der Waals surface area contributed by atoms with E-state index in [9.17, 15) is 0 Å². The van der Waals surface area contributed by atoms with Gasteiger partial charge in [-0.3, -0.25) is 0 Å². The summed E-state index contributed by atoms with van der Waals surface area (Å²) in [6.07, 6.45) is 2.50. The fourth-order valence-electron chi connectivity index (χ4n) is 1.55. The molecule has 0 radical (unpaired) electrons. The molecule has 3 heteroatoms. The number of nitrogens with zero attached hydrogens (tertiary/aromatic N) is 1. The van der Waals surface area contributed by atoms with Crippen LogP contribution in [0.15, 0.2) is 18.2 Å². The minimum absolute atomic E-state index is 0.641. The van der Waals surface area contributed by atoms with Crippen molar-refractivity contribution in [1.82, 2.24) is 0 Å². The zero-order valence-corrected chi connectivity index (χ0v) is 8.38. The third-order valence-corrected chi connectivity index (χ3v) is 2.77. The molecular weight excluding hydrogens is 184 g/mol. The van der Waals surface area contributed by atoms with Crippen LogP contribution in [0.5, 0.6) is 0 Å². The number of nitrogen functional groups attached to an aromatic ring is 1. The SMILES string of the molecule is CN(c1c(N)cccc1Cl)C1CC1. The Morgan fingerprint density at radius 1 is 1.46 bits per heavy atom. The second-order valence-corrected chi connectivity index (χ2v) is 3.93. The van der Waals surface area contributed by atoms with Crippen molar-refractivity contribution in [1.29, 1.82) is 0 Å². The van der Waals surface area contributed by atoms with Gasteiger partial charge in [0.1, 0.15) is 0 Å². The standard InChI is InChI=1S/C10H13ClN2/c1-13(7-5-6-7)10-8(11)3-2-4-9(10)12/h2-4,7H,5-6,12H2,1H3. The van der Waals surface area contributed by atoms with Crippen LogP contribution < -0.4 is 10.6 Å². The van der Waals surface area contributed by atoms with E-state index in [1.165, 1.54) is 12.8 Å². The van der Waals surface area contributed by atoms with Crippen molar-refractivity contribution in [2.75, 3.05) is 17.7 Å². The fourth-order valence-corrected chi connectivity index (χ4v) is 1.86. The molecule has 2 rings (SSSR count). The van der Waals surface area contributed by atoms with Crippen molar-refractivity contribution in [3.63, 3.8) is 0 Å². The Hall–Kier alpha value is -0.890. The highest BCUT2D eigenvalue weighted by molar-refractivity contribution is 6.34. The van der Waals surface area contributed by atoms with Crippen molar-refractivity contribution in [3.05, 3.63) is 23.2 Å². The van der Waals surface area contributed by atoms with E-state index in [0.29, 0.717) is 6.04 Å². The summed E-state index contributed by atoms with van der Waals surface area (Å²) in [6, 6.07) is 6.29. The van der Waals surface area contributed by atoms with Gasteiger partial charge in [0.15, 0.2) is 0 Å². The van der Waals surface area contributed by atoms with Crippen molar-refractivity contribution in [2.24, 2.45) is 0 Å². The van der Waals surface area contributed by atoms with Crippen molar-refractivity contribution >= 4 is 23.0 Å². The first kappa shape index (κ1) is 8.70. The summed E-state index contributed by atoms with van der Waals surface area (Å²) < 4.78 is 0. The van der Waals surface area contributed by atoms with Crippen LogP contribution >= 0.6 is 11.6 Å². The van der Waals surface area contributed by atoms with Crippen molar-refractivity contribution in [2.45, 2.75) is 18.9 Å². The number of para-hydroxylation sites is 1. The molecule has 0 atom stereocenters. The van der Waals surface area contributed by atoms with E-state index in [-0.39, 0.29) is 0 Å². The molecule has 0 heterocycles. The van der Waals surface area contributed by atoms with Gasteiger partial charge in [0.2, 0.25) is 0 Å². The number of nitrogens with two attached hydrogens (primary N) is 1. The lowest BCUT2D eigenvalue weighted by Gasteiger charge is -2.21. The summed E-state index contributed by atoms with van der Waals surface area (Å²) in [5.74, 6) is 0. The average Bonchev–Trinajstić information content (AvgIpc) is 2.85. The van der Waals surface area contributed by atoms with E-state index >= 15 is 0 Å². The highest BCUT2D eigenvalue weighted by atomic mass is 35.5. The van der Waals surface area contributed by atoms with Crippen LogP contribution in [0, 0.1) is 0 Å². The Kier molecular flexibility index (Phi) is 2.08. The van der Waals surface area contributed by atoms with E-state index in [1.807, 2.05) is 18.2 Å². The van der Waals surface area contributed by atoms with Crippen molar-refractivity contribution in [3.8, 4) is 0 Å². The molecule has 1 aromatic carbocycles. The molecule has 0 unspecified atom stereocenters. The Bertz CT molecular complexity index is 300. The minimum Gasteiger partial charge on any atom is -0.397 e. The molecule has 0 amide bonds. The van der Waals surface area contributed by atoms with Gasteiger partial charge < -0.3 is 10.6 Å². The zero-order chi connectivity index (χ0) is 9.42. The number of rotatable bonds is 2. The number of hydrogen-bond donors (Lipinski definition) is 1. The van der Waals surface area contributed by atoms with Gasteiger partial charge in [-0.2, -0.15) is 0 Å². The summed E-state index contributed by atoms with van der Waals surface area (Å²) >= 11 is 6.07. The van der Waals surface area contributed by atoms with E-state index in [1.54, 1.807) is 0 Å². The quantitative estimate of drug-likeness (QED) is 0.737. The predicted molar refractivity (Wildman–Crippen MR) is 57.3 cm³/mol. The second-order valence-electron chi connectivity index (χ2n) is 3.52. The fraction of sp³-hybridized carbons (Fsp3) is 0.400. The molecule has 1 aliphatic carbocycles. The van der Waals surface area contributed by atoms with Crippen LogP contribution in [0.25, 0.3) is 0 Å². The van der Waals surface area contributed by atoms with Crippen molar-refractivity contribution < 1.29 is 0 Å². The topological polar surface area (TPSA) is 29.3 Å². The molecule has 0 aliphatic heterocycles. The molecular formula is C10H13ClN2. The maximum absolute atomic E-state index is 6.07. The molecule has 0 aromatic heterocycles. The Morgan fingerprint density at radius 2 is 2.15 bits per heavy atom. The molecule has 0 bridgehead atoms. The molecule has 2 N–H and O–H groups in total. The van der Waals surface area contributed by atoms with Gasteiger partial charge in [0.05, 0.1) is 16.4 Å². The summed E-state index contributed by atoms with van der Waals surface area (Å²) in [5.41, 5.74) is 7.61. The van der Waals surface area contributed by atoms with E-state index in [4.69, 9.17) is 17.3 Å². The number of benzene rings is 1. The molecule has 0 saturated heterocycles. The van der Waals surface area contributed by atoms with Gasteiger partial charge in [-0.15, -0.1) is 0 Å². The normalized spacial score (nSPS) is 15.8. The number of halogens is 1. The largest absolute Gasteiger partial charge is 0.397 e. The lowest BCUT2D eigenvalue weighted by Crippen LogP contribution is -2.20. The number of hydrogen-bond acceptors (Lipinski definition) is 2. The monoisotopic (exact) mass is 196 g/mol. The molecule has 1 aliphatic rings. The first-order valence-corrected chi connectivity index (χ1v) is 4.85. The van der Waals surface area contributed by atoms with E-state index in [0.717, 1.165) is 16.4 Å². The Balaban J connectivity index is 2.36. The highest BCUT2D eigenvalue weighted by Gasteiger charge is 2.28. The Morgan fingerprint density at radius 3 is 2.69 bits per heavy atom. The number of anilines is 2. The van der Waals surface area contributed by atoms with Gasteiger partial charge in [0.25, 0.3) is 0 Å². The molecule has 1 saturated carbocycles. The molecule has 2 nitrogen and oxygen atoms in total. The van der Waals surface area contributed by atoms with Gasteiger partial charge in [-0.05, 0) is 25.0 Å². The van der Waals surface area contributed by atoms with E-state index < -0.39 is 0 Å².